The molecule has 1 heterocycles. The first kappa shape index (κ1) is 22.7. The summed E-state index contributed by atoms with van der Waals surface area (Å²) in [6.45, 7) is 2.74. The van der Waals surface area contributed by atoms with Gasteiger partial charge in [-0.25, -0.2) is 4.39 Å². The van der Waals surface area contributed by atoms with Crippen molar-refractivity contribution in [3.05, 3.63) is 59.9 Å². The number of amides is 2. The van der Waals surface area contributed by atoms with E-state index in [1.807, 2.05) is 0 Å². The molecule has 0 spiro atoms. The Balaban J connectivity index is 1.46. The lowest BCUT2D eigenvalue weighted by molar-refractivity contribution is -0.113. The summed E-state index contributed by atoms with van der Waals surface area (Å²) in [4.78, 5) is 24.4. The molecule has 2 N–H and O–H groups in total. The van der Waals surface area contributed by atoms with Gasteiger partial charge >= 0.3 is 0 Å². The molecule has 0 bridgehead atoms. The van der Waals surface area contributed by atoms with Crippen molar-refractivity contribution in [3.8, 4) is 5.75 Å². The molecule has 31 heavy (non-hydrogen) atoms. The third-order valence-corrected chi connectivity index (χ3v) is 5.94. The molecule has 1 aromatic heterocycles. The minimum absolute atomic E-state index is 0.111. The van der Waals surface area contributed by atoms with Gasteiger partial charge in [-0.05, 0) is 55.0 Å². The van der Waals surface area contributed by atoms with Crippen LogP contribution in [0.2, 0.25) is 0 Å². The molecule has 3 rings (SSSR count). The largest absolute Gasteiger partial charge is 0.494 e. The lowest BCUT2D eigenvalue weighted by atomic mass is 10.2. The number of hydrogen-bond acceptors (Lipinski definition) is 7. The number of rotatable bonds is 10. The number of anilines is 2. The van der Waals surface area contributed by atoms with Gasteiger partial charge in [0.2, 0.25) is 11.0 Å². The zero-order valence-corrected chi connectivity index (χ0v) is 18.4. The van der Waals surface area contributed by atoms with Crippen LogP contribution in [0.15, 0.2) is 52.9 Å². The molecule has 10 heteroatoms. The number of unbranched alkanes of at least 4 members (excludes halogenated alkanes) is 1. The smallest absolute Gasteiger partial charge is 0.257 e. The van der Waals surface area contributed by atoms with Gasteiger partial charge in [-0.15, -0.1) is 10.2 Å². The number of carbonyl (C=O) groups excluding carboxylic acids is 2. The topological polar surface area (TPSA) is 93.2 Å². The number of halogens is 1. The van der Waals surface area contributed by atoms with Gasteiger partial charge in [-0.1, -0.05) is 36.4 Å². The Morgan fingerprint density at radius 1 is 1.06 bits per heavy atom. The van der Waals surface area contributed by atoms with Crippen molar-refractivity contribution in [1.82, 2.24) is 10.2 Å². The van der Waals surface area contributed by atoms with Crippen LogP contribution in [-0.2, 0) is 4.79 Å². The number of nitrogens with one attached hydrogen (secondary N) is 2. The highest BCUT2D eigenvalue weighted by molar-refractivity contribution is 8.01. The first-order valence-electron chi connectivity index (χ1n) is 9.59. The molecule has 0 aliphatic heterocycles. The summed E-state index contributed by atoms with van der Waals surface area (Å²) in [6.07, 6.45) is 2.04. The van der Waals surface area contributed by atoms with Crippen molar-refractivity contribution in [3.63, 3.8) is 0 Å². The summed E-state index contributed by atoms with van der Waals surface area (Å²) in [6, 6.07) is 12.4. The summed E-state index contributed by atoms with van der Waals surface area (Å²) in [5.41, 5.74) is 0.991. The average molecular weight is 461 g/mol. The maximum Gasteiger partial charge on any atom is 0.257 e. The second kappa shape index (κ2) is 11.4. The number of carbonyl (C=O) groups is 2. The van der Waals surface area contributed by atoms with Crippen molar-refractivity contribution < 1.29 is 18.7 Å². The average Bonchev–Trinajstić information content (AvgIpc) is 3.22. The highest BCUT2D eigenvalue weighted by Crippen LogP contribution is 2.26. The van der Waals surface area contributed by atoms with E-state index in [0.717, 1.165) is 18.6 Å². The van der Waals surface area contributed by atoms with Crippen LogP contribution in [-0.4, -0.2) is 34.4 Å². The van der Waals surface area contributed by atoms with Gasteiger partial charge in [0.05, 0.1) is 12.4 Å². The van der Waals surface area contributed by atoms with Gasteiger partial charge in [0.15, 0.2) is 4.34 Å². The first-order valence-corrected chi connectivity index (χ1v) is 11.4. The summed E-state index contributed by atoms with van der Waals surface area (Å²) in [7, 11) is 0. The molecule has 0 saturated carbocycles. The summed E-state index contributed by atoms with van der Waals surface area (Å²) < 4.78 is 19.0. The predicted molar refractivity (Wildman–Crippen MR) is 120 cm³/mol. The number of aromatic nitrogens is 2. The van der Waals surface area contributed by atoms with E-state index >= 15 is 0 Å². The summed E-state index contributed by atoms with van der Waals surface area (Å²) in [5.74, 6) is -0.0921. The minimum Gasteiger partial charge on any atom is -0.494 e. The highest BCUT2D eigenvalue weighted by Gasteiger charge is 2.12. The van der Waals surface area contributed by atoms with Crippen molar-refractivity contribution in [2.24, 2.45) is 0 Å². The molecule has 0 aliphatic rings. The van der Waals surface area contributed by atoms with Crippen molar-refractivity contribution in [2.75, 3.05) is 23.0 Å². The van der Waals surface area contributed by atoms with E-state index in [1.54, 1.807) is 24.3 Å². The van der Waals surface area contributed by atoms with Crippen LogP contribution >= 0.6 is 23.1 Å². The van der Waals surface area contributed by atoms with Crippen molar-refractivity contribution in [2.45, 2.75) is 24.1 Å². The molecule has 0 fully saturated rings. The minimum atomic E-state index is -0.368. The van der Waals surface area contributed by atoms with Crippen LogP contribution in [0.25, 0.3) is 0 Å². The van der Waals surface area contributed by atoms with Crippen LogP contribution in [0.1, 0.15) is 30.1 Å². The lowest BCUT2D eigenvalue weighted by Gasteiger charge is -2.06. The van der Waals surface area contributed by atoms with Crippen LogP contribution in [0, 0.1) is 5.82 Å². The zero-order valence-electron chi connectivity index (χ0n) is 16.8. The molecule has 2 aromatic carbocycles. The molecule has 0 atom stereocenters. The second-order valence-electron chi connectivity index (χ2n) is 6.40. The summed E-state index contributed by atoms with van der Waals surface area (Å²) in [5, 5.41) is 13.6. The molecule has 162 valence electrons. The molecule has 7 nitrogen and oxygen atoms in total. The number of thioether (sulfide) groups is 1. The Hall–Kier alpha value is -2.98. The fourth-order valence-corrected chi connectivity index (χ4v) is 3.93. The van der Waals surface area contributed by atoms with E-state index in [9.17, 15) is 14.0 Å². The lowest BCUT2D eigenvalue weighted by Crippen LogP contribution is -2.13. The van der Waals surface area contributed by atoms with Crippen molar-refractivity contribution >= 4 is 45.7 Å². The molecule has 0 aliphatic carbocycles. The Kier molecular flexibility index (Phi) is 8.36. The highest BCUT2D eigenvalue weighted by atomic mass is 32.2. The quantitative estimate of drug-likeness (QED) is 0.256. The van der Waals surface area contributed by atoms with Gasteiger partial charge in [-0.3, -0.25) is 14.9 Å². The van der Waals surface area contributed by atoms with E-state index in [1.165, 1.54) is 47.4 Å². The summed E-state index contributed by atoms with van der Waals surface area (Å²) >= 11 is 2.37. The van der Waals surface area contributed by atoms with Gasteiger partial charge in [0.1, 0.15) is 11.6 Å². The van der Waals surface area contributed by atoms with E-state index in [4.69, 9.17) is 4.74 Å². The SMILES string of the molecule is CCCCOc1ccc(C(=O)Nc2nnc(SCC(=O)Nc3ccc(F)cc3)s2)cc1. The van der Waals surface area contributed by atoms with Crippen LogP contribution in [0.5, 0.6) is 5.75 Å². The Morgan fingerprint density at radius 2 is 1.81 bits per heavy atom. The van der Waals surface area contributed by atoms with Crippen LogP contribution < -0.4 is 15.4 Å². The van der Waals surface area contributed by atoms with E-state index in [2.05, 4.69) is 27.8 Å². The molecule has 0 radical (unpaired) electrons. The van der Waals surface area contributed by atoms with Gasteiger partial charge in [0.25, 0.3) is 5.91 Å². The fraction of sp³-hybridized carbons (Fsp3) is 0.238. The maximum atomic E-state index is 12.9. The Labute approximate surface area is 187 Å². The van der Waals surface area contributed by atoms with Crippen molar-refractivity contribution in [1.29, 1.82) is 0 Å². The van der Waals surface area contributed by atoms with E-state index < -0.39 is 0 Å². The maximum absolute atomic E-state index is 12.9. The molecular formula is C21H21FN4O3S2. The number of benzene rings is 2. The van der Waals surface area contributed by atoms with E-state index in [0.29, 0.717) is 27.3 Å². The molecular weight excluding hydrogens is 439 g/mol. The molecule has 0 saturated heterocycles. The third-order valence-electron chi connectivity index (χ3n) is 3.96. The number of nitrogens with zero attached hydrogens (tertiary/aromatic N) is 2. The number of ether oxygens (including phenoxy) is 1. The normalized spacial score (nSPS) is 10.5. The Morgan fingerprint density at radius 3 is 2.52 bits per heavy atom. The fourth-order valence-electron chi connectivity index (χ4n) is 2.38. The monoisotopic (exact) mass is 460 g/mol. The molecule has 3 aromatic rings. The standard InChI is InChI=1S/C21H21FN4O3S2/c1-2-3-12-29-17-10-4-14(5-11-17)19(28)24-20-25-26-21(31-20)30-13-18(27)23-16-8-6-15(22)7-9-16/h4-11H,2-3,12-13H2,1H3,(H,23,27)(H,24,25,28). The number of hydrogen-bond donors (Lipinski definition) is 2. The van der Waals surface area contributed by atoms with Gasteiger partial charge < -0.3 is 10.1 Å². The molecule has 0 unspecified atom stereocenters. The van der Waals surface area contributed by atoms with Gasteiger partial charge in [-0.2, -0.15) is 0 Å². The zero-order chi connectivity index (χ0) is 22.1. The van der Waals surface area contributed by atoms with Gasteiger partial charge in [0, 0.05) is 11.3 Å². The Bertz CT molecular complexity index is 1010. The first-order chi connectivity index (χ1) is 15.0. The molecule has 2 amide bonds. The second-order valence-corrected chi connectivity index (χ2v) is 8.60. The van der Waals surface area contributed by atoms with Crippen LogP contribution in [0.3, 0.4) is 0 Å². The predicted octanol–water partition coefficient (Wildman–Crippen LogP) is 4.84. The van der Waals surface area contributed by atoms with Crippen LogP contribution in [0.4, 0.5) is 15.2 Å². The van der Waals surface area contributed by atoms with E-state index in [-0.39, 0.29) is 23.4 Å². The third kappa shape index (κ3) is 7.34.